The monoisotopic (exact) mass is 271 g/mol. The summed E-state index contributed by atoms with van der Waals surface area (Å²) in [6.07, 6.45) is 0.900. The molecule has 1 aliphatic rings. The van der Waals surface area contributed by atoms with Gasteiger partial charge in [0.15, 0.2) is 0 Å². The molecule has 2 N–H and O–H groups in total. The van der Waals surface area contributed by atoms with Crippen molar-refractivity contribution in [3.05, 3.63) is 0 Å². The van der Waals surface area contributed by atoms with Gasteiger partial charge < -0.3 is 10.6 Å². The molecule has 0 radical (unpaired) electrons. The van der Waals surface area contributed by atoms with E-state index in [1.807, 2.05) is 25.7 Å². The number of carbonyl (C=O) groups is 1. The van der Waals surface area contributed by atoms with E-state index in [4.69, 9.17) is 18.0 Å². The summed E-state index contributed by atoms with van der Waals surface area (Å²) in [5.41, 5.74) is 5.51. The van der Waals surface area contributed by atoms with Crippen molar-refractivity contribution in [1.82, 2.24) is 9.80 Å². The smallest absolute Gasteiger partial charge is 0.225 e. The van der Waals surface area contributed by atoms with Crippen LogP contribution in [0, 0.1) is 5.92 Å². The first kappa shape index (κ1) is 15.4. The predicted molar refractivity (Wildman–Crippen MR) is 78.5 cm³/mol. The van der Waals surface area contributed by atoms with Crippen LogP contribution in [0.2, 0.25) is 0 Å². The summed E-state index contributed by atoms with van der Waals surface area (Å²) >= 11 is 5.11. The van der Waals surface area contributed by atoms with Gasteiger partial charge in [-0.25, -0.2) is 0 Å². The van der Waals surface area contributed by atoms with E-state index in [2.05, 4.69) is 11.8 Å². The largest absolute Gasteiger partial charge is 0.392 e. The number of piperazine rings is 1. The molecule has 0 aromatic rings. The minimum absolute atomic E-state index is 0.125. The van der Waals surface area contributed by atoms with Crippen LogP contribution in [0.1, 0.15) is 34.1 Å². The summed E-state index contributed by atoms with van der Waals surface area (Å²) in [6.45, 7) is 11.4. The highest BCUT2D eigenvalue weighted by Gasteiger charge is 2.33. The van der Waals surface area contributed by atoms with Crippen molar-refractivity contribution in [2.75, 3.05) is 26.2 Å². The molecule has 1 rings (SSSR count). The molecule has 0 aromatic heterocycles. The van der Waals surface area contributed by atoms with Crippen LogP contribution >= 0.6 is 12.2 Å². The maximum absolute atomic E-state index is 12.1. The fourth-order valence-electron chi connectivity index (χ4n) is 2.13. The number of nitrogens with zero attached hydrogens (tertiary/aromatic N) is 2. The van der Waals surface area contributed by atoms with Crippen molar-refractivity contribution in [1.29, 1.82) is 0 Å². The lowest BCUT2D eigenvalue weighted by Gasteiger charge is -2.43. The average Bonchev–Trinajstić information content (AvgIpc) is 2.36. The summed E-state index contributed by atoms with van der Waals surface area (Å²) in [5.74, 6) is 0.394. The summed E-state index contributed by atoms with van der Waals surface area (Å²) in [6, 6.07) is 0. The Bertz CT molecular complexity index is 322. The van der Waals surface area contributed by atoms with E-state index in [1.165, 1.54) is 0 Å². The van der Waals surface area contributed by atoms with Gasteiger partial charge >= 0.3 is 0 Å². The Morgan fingerprint density at radius 2 is 1.83 bits per heavy atom. The lowest BCUT2D eigenvalue weighted by molar-refractivity contribution is -0.137. The Hall–Kier alpha value is -0.680. The lowest BCUT2D eigenvalue weighted by Crippen LogP contribution is -2.60. The third-order valence-electron chi connectivity index (χ3n) is 4.02. The second kappa shape index (κ2) is 5.97. The lowest BCUT2D eigenvalue weighted by atomic mass is 10.0. The van der Waals surface area contributed by atoms with Gasteiger partial charge in [-0.1, -0.05) is 26.1 Å². The van der Waals surface area contributed by atoms with Gasteiger partial charge in [-0.05, 0) is 20.3 Å². The SMILES string of the molecule is CCC(C)C(=O)N1CCN(C(C)(C)C(N)=S)CC1. The molecule has 18 heavy (non-hydrogen) atoms. The molecule has 104 valence electrons. The normalized spacial score (nSPS) is 19.7. The highest BCUT2D eigenvalue weighted by atomic mass is 32.1. The van der Waals surface area contributed by atoms with Gasteiger partial charge in [0.25, 0.3) is 0 Å². The molecular formula is C13H25N3OS. The van der Waals surface area contributed by atoms with Gasteiger partial charge in [0.2, 0.25) is 5.91 Å². The minimum Gasteiger partial charge on any atom is -0.392 e. The van der Waals surface area contributed by atoms with E-state index in [0.29, 0.717) is 4.99 Å². The van der Waals surface area contributed by atoms with E-state index in [1.54, 1.807) is 0 Å². The number of amides is 1. The summed E-state index contributed by atoms with van der Waals surface area (Å²) < 4.78 is 0. The molecule has 0 aromatic carbocycles. The minimum atomic E-state index is -0.263. The van der Waals surface area contributed by atoms with Crippen LogP contribution in [0.15, 0.2) is 0 Å². The summed E-state index contributed by atoms with van der Waals surface area (Å²) in [4.78, 5) is 16.8. The van der Waals surface area contributed by atoms with Crippen LogP contribution in [0.5, 0.6) is 0 Å². The molecule has 0 aliphatic carbocycles. The Morgan fingerprint density at radius 3 is 2.22 bits per heavy atom. The maximum Gasteiger partial charge on any atom is 0.225 e. The first-order chi connectivity index (χ1) is 8.30. The Kier molecular flexibility index (Phi) is 5.10. The van der Waals surface area contributed by atoms with E-state index in [9.17, 15) is 4.79 Å². The number of carbonyl (C=O) groups excluding carboxylic acids is 1. The Morgan fingerprint density at radius 1 is 1.33 bits per heavy atom. The van der Waals surface area contributed by atoms with Crippen molar-refractivity contribution in [3.8, 4) is 0 Å². The van der Waals surface area contributed by atoms with Crippen LogP contribution < -0.4 is 5.73 Å². The number of nitrogens with two attached hydrogens (primary N) is 1. The van der Waals surface area contributed by atoms with Gasteiger partial charge in [-0.3, -0.25) is 9.69 Å². The van der Waals surface area contributed by atoms with Crippen molar-refractivity contribution in [3.63, 3.8) is 0 Å². The Labute approximate surface area is 115 Å². The highest BCUT2D eigenvalue weighted by Crippen LogP contribution is 2.18. The third-order valence-corrected chi connectivity index (χ3v) is 4.52. The number of hydrogen-bond acceptors (Lipinski definition) is 3. The third kappa shape index (κ3) is 3.20. The van der Waals surface area contributed by atoms with Gasteiger partial charge in [0.1, 0.15) is 0 Å². The molecule has 5 heteroatoms. The molecule has 1 fully saturated rings. The fourth-order valence-corrected chi connectivity index (χ4v) is 2.26. The van der Waals surface area contributed by atoms with E-state index in [-0.39, 0.29) is 17.4 Å². The van der Waals surface area contributed by atoms with Crippen LogP contribution in [-0.4, -0.2) is 52.4 Å². The summed E-state index contributed by atoms with van der Waals surface area (Å²) in [7, 11) is 0. The fraction of sp³-hybridized carbons (Fsp3) is 0.846. The van der Waals surface area contributed by atoms with Crippen LogP contribution in [0.3, 0.4) is 0 Å². The molecule has 0 bridgehead atoms. The molecule has 1 heterocycles. The van der Waals surface area contributed by atoms with E-state index >= 15 is 0 Å². The van der Waals surface area contributed by atoms with Crippen LogP contribution in [-0.2, 0) is 4.79 Å². The topological polar surface area (TPSA) is 49.6 Å². The molecule has 1 atom stereocenters. The van der Waals surface area contributed by atoms with Crippen LogP contribution in [0.4, 0.5) is 0 Å². The number of rotatable bonds is 4. The number of thiocarbonyl (C=S) groups is 1. The van der Waals surface area contributed by atoms with E-state index in [0.717, 1.165) is 32.6 Å². The second-order valence-electron chi connectivity index (χ2n) is 5.54. The van der Waals surface area contributed by atoms with Gasteiger partial charge in [0, 0.05) is 32.1 Å². The zero-order valence-electron chi connectivity index (χ0n) is 11.9. The molecule has 1 amide bonds. The second-order valence-corrected chi connectivity index (χ2v) is 5.98. The predicted octanol–water partition coefficient (Wildman–Crippen LogP) is 1.24. The molecule has 1 saturated heterocycles. The van der Waals surface area contributed by atoms with Crippen molar-refractivity contribution in [2.24, 2.45) is 11.7 Å². The summed E-state index contributed by atoms with van der Waals surface area (Å²) in [5, 5.41) is 0. The number of hydrogen-bond donors (Lipinski definition) is 1. The first-order valence-corrected chi connectivity index (χ1v) is 7.05. The zero-order chi connectivity index (χ0) is 13.9. The average molecular weight is 271 g/mol. The molecular weight excluding hydrogens is 246 g/mol. The van der Waals surface area contributed by atoms with Gasteiger partial charge in [-0.15, -0.1) is 0 Å². The van der Waals surface area contributed by atoms with Crippen molar-refractivity contribution >= 4 is 23.1 Å². The van der Waals surface area contributed by atoms with Gasteiger partial charge in [0.05, 0.1) is 10.5 Å². The molecule has 1 unspecified atom stereocenters. The van der Waals surface area contributed by atoms with Crippen molar-refractivity contribution < 1.29 is 4.79 Å². The Balaban J connectivity index is 2.56. The van der Waals surface area contributed by atoms with Crippen LogP contribution in [0.25, 0.3) is 0 Å². The van der Waals surface area contributed by atoms with E-state index < -0.39 is 0 Å². The quantitative estimate of drug-likeness (QED) is 0.782. The maximum atomic E-state index is 12.1. The van der Waals surface area contributed by atoms with Gasteiger partial charge in [-0.2, -0.15) is 0 Å². The standard InChI is InChI=1S/C13H25N3OS/c1-5-10(2)11(17)15-6-8-16(9-7-15)13(3,4)12(14)18/h10H,5-9H2,1-4H3,(H2,14,18). The van der Waals surface area contributed by atoms with Crippen molar-refractivity contribution in [2.45, 2.75) is 39.7 Å². The molecule has 4 nitrogen and oxygen atoms in total. The highest BCUT2D eigenvalue weighted by molar-refractivity contribution is 7.80. The molecule has 0 saturated carbocycles. The molecule has 1 aliphatic heterocycles. The first-order valence-electron chi connectivity index (χ1n) is 6.64. The molecule has 0 spiro atoms. The zero-order valence-corrected chi connectivity index (χ0v) is 12.7.